The number of hydrogen-bond acceptors (Lipinski definition) is 2. The Labute approximate surface area is 127 Å². The summed E-state index contributed by atoms with van der Waals surface area (Å²) in [6.45, 7) is 5.48. The highest BCUT2D eigenvalue weighted by Crippen LogP contribution is 2.20. The molecule has 4 rings (SSSR count). The fraction of sp³-hybridized carbons (Fsp3) is 0.368. The van der Waals surface area contributed by atoms with Crippen LogP contribution in [0.3, 0.4) is 0 Å². The van der Waals surface area contributed by atoms with Crippen LogP contribution < -0.4 is 10.6 Å². The molecule has 0 spiro atoms. The fourth-order valence-electron chi connectivity index (χ4n) is 3.02. The maximum Gasteiger partial charge on any atom is 0.0372 e. The van der Waals surface area contributed by atoms with Crippen LogP contribution in [0, 0.1) is 6.92 Å². The van der Waals surface area contributed by atoms with Crippen molar-refractivity contribution in [2.24, 2.45) is 0 Å². The first-order valence-corrected chi connectivity index (χ1v) is 7.94. The van der Waals surface area contributed by atoms with E-state index >= 15 is 0 Å². The molecular formula is C19H24N2. The second-order valence-corrected chi connectivity index (χ2v) is 5.89. The van der Waals surface area contributed by atoms with Gasteiger partial charge in [0.05, 0.1) is 0 Å². The minimum Gasteiger partial charge on any atom is -0.385 e. The first-order chi connectivity index (χ1) is 10.3. The second kappa shape index (κ2) is 6.77. The van der Waals surface area contributed by atoms with E-state index < -0.39 is 0 Å². The molecule has 0 fully saturated rings. The van der Waals surface area contributed by atoms with Gasteiger partial charge in [0.2, 0.25) is 0 Å². The minimum atomic E-state index is 1.05. The summed E-state index contributed by atoms with van der Waals surface area (Å²) in [4.78, 5) is 0. The lowest BCUT2D eigenvalue weighted by molar-refractivity contribution is 0.643. The molecule has 2 aromatic carbocycles. The summed E-state index contributed by atoms with van der Waals surface area (Å²) in [6, 6.07) is 15.2. The average Bonchev–Trinajstić information content (AvgIpc) is 2.55. The monoisotopic (exact) mass is 280 g/mol. The van der Waals surface area contributed by atoms with E-state index in [1.54, 1.807) is 0 Å². The highest BCUT2D eigenvalue weighted by Gasteiger charge is 2.07. The predicted octanol–water partition coefficient (Wildman–Crippen LogP) is 3.69. The van der Waals surface area contributed by atoms with Gasteiger partial charge in [0.25, 0.3) is 0 Å². The van der Waals surface area contributed by atoms with E-state index in [0.29, 0.717) is 0 Å². The van der Waals surface area contributed by atoms with Crippen LogP contribution >= 0.6 is 0 Å². The van der Waals surface area contributed by atoms with Crippen molar-refractivity contribution in [1.29, 1.82) is 0 Å². The molecule has 2 heteroatoms. The van der Waals surface area contributed by atoms with Crippen molar-refractivity contribution in [1.82, 2.24) is 5.32 Å². The third kappa shape index (κ3) is 3.64. The molecule has 21 heavy (non-hydrogen) atoms. The van der Waals surface area contributed by atoms with Gasteiger partial charge in [0.1, 0.15) is 0 Å². The third-order valence-corrected chi connectivity index (χ3v) is 4.20. The second-order valence-electron chi connectivity index (χ2n) is 5.89. The van der Waals surface area contributed by atoms with Crippen LogP contribution in [0.2, 0.25) is 0 Å². The maximum absolute atomic E-state index is 3.36. The molecule has 0 saturated carbocycles. The lowest BCUT2D eigenvalue weighted by atomic mass is 9.99. The summed E-state index contributed by atoms with van der Waals surface area (Å²) in [5.74, 6) is 0. The Morgan fingerprint density at radius 2 is 1.76 bits per heavy atom. The third-order valence-electron chi connectivity index (χ3n) is 4.20. The first kappa shape index (κ1) is 14.2. The van der Waals surface area contributed by atoms with E-state index in [0.717, 1.165) is 19.6 Å². The molecule has 0 saturated heterocycles. The van der Waals surface area contributed by atoms with Gasteiger partial charge in [-0.3, -0.25) is 0 Å². The van der Waals surface area contributed by atoms with Crippen molar-refractivity contribution in [3.63, 3.8) is 0 Å². The summed E-state index contributed by atoms with van der Waals surface area (Å²) in [5.41, 5.74) is 7.18. The molecule has 2 nitrogen and oxygen atoms in total. The predicted molar refractivity (Wildman–Crippen MR) is 89.8 cm³/mol. The quantitative estimate of drug-likeness (QED) is 0.769. The molecule has 2 heterocycles. The van der Waals surface area contributed by atoms with Crippen LogP contribution in [-0.4, -0.2) is 13.1 Å². The zero-order valence-electron chi connectivity index (χ0n) is 12.8. The molecule has 0 aliphatic carbocycles. The SMILES string of the molecule is Cc1ccc2c(c1)CCNC2.c1ccc2c(c1)CCCN2. The van der Waals surface area contributed by atoms with E-state index in [1.807, 2.05) is 0 Å². The Kier molecular flexibility index (Phi) is 4.56. The van der Waals surface area contributed by atoms with Crippen molar-refractivity contribution in [3.8, 4) is 0 Å². The summed E-state index contributed by atoms with van der Waals surface area (Å²) in [6.07, 6.45) is 3.71. The normalized spacial score (nSPS) is 15.9. The van der Waals surface area contributed by atoms with E-state index in [2.05, 4.69) is 60.0 Å². The molecule has 2 aromatic rings. The molecule has 110 valence electrons. The molecule has 2 N–H and O–H groups in total. The molecule has 0 atom stereocenters. The molecule has 0 unspecified atom stereocenters. The molecule has 2 aliphatic rings. The highest BCUT2D eigenvalue weighted by atomic mass is 14.9. The van der Waals surface area contributed by atoms with Gasteiger partial charge in [-0.15, -0.1) is 0 Å². The molecular weight excluding hydrogens is 256 g/mol. The number of nitrogens with one attached hydrogen (secondary N) is 2. The van der Waals surface area contributed by atoms with Gasteiger partial charge in [-0.25, -0.2) is 0 Å². The highest BCUT2D eigenvalue weighted by molar-refractivity contribution is 5.52. The molecule has 0 radical (unpaired) electrons. The van der Waals surface area contributed by atoms with Gasteiger partial charge in [0, 0.05) is 18.8 Å². The van der Waals surface area contributed by atoms with Crippen molar-refractivity contribution in [2.45, 2.75) is 32.7 Å². The Morgan fingerprint density at radius 3 is 2.67 bits per heavy atom. The summed E-state index contributed by atoms with van der Waals surface area (Å²) in [5, 5.41) is 6.72. The van der Waals surface area contributed by atoms with Crippen LogP contribution in [0.15, 0.2) is 42.5 Å². The summed E-state index contributed by atoms with van der Waals surface area (Å²) < 4.78 is 0. The lowest BCUT2D eigenvalue weighted by Gasteiger charge is -2.16. The van der Waals surface area contributed by atoms with Crippen LogP contribution in [0.1, 0.15) is 28.7 Å². The van der Waals surface area contributed by atoms with E-state index in [4.69, 9.17) is 0 Å². The van der Waals surface area contributed by atoms with Crippen molar-refractivity contribution in [3.05, 3.63) is 64.7 Å². The fourth-order valence-corrected chi connectivity index (χ4v) is 3.02. The summed E-state index contributed by atoms with van der Waals surface area (Å²) >= 11 is 0. The minimum absolute atomic E-state index is 1.05. The number of rotatable bonds is 0. The van der Waals surface area contributed by atoms with Crippen LogP contribution in [0.25, 0.3) is 0 Å². The van der Waals surface area contributed by atoms with Crippen LogP contribution in [0.5, 0.6) is 0 Å². The van der Waals surface area contributed by atoms with Gasteiger partial charge >= 0.3 is 0 Å². The largest absolute Gasteiger partial charge is 0.385 e. The number of benzene rings is 2. The van der Waals surface area contributed by atoms with Crippen molar-refractivity contribution >= 4 is 5.69 Å². The summed E-state index contributed by atoms with van der Waals surface area (Å²) in [7, 11) is 0. The van der Waals surface area contributed by atoms with Gasteiger partial charge in [-0.05, 0) is 55.5 Å². The van der Waals surface area contributed by atoms with Gasteiger partial charge in [-0.1, -0.05) is 42.0 Å². The Hall–Kier alpha value is -1.80. The van der Waals surface area contributed by atoms with E-state index in [9.17, 15) is 0 Å². The molecule has 0 aromatic heterocycles. The number of aryl methyl sites for hydroxylation is 2. The first-order valence-electron chi connectivity index (χ1n) is 7.94. The molecule has 0 bridgehead atoms. The van der Waals surface area contributed by atoms with Gasteiger partial charge < -0.3 is 10.6 Å². The number of hydrogen-bond donors (Lipinski definition) is 2. The average molecular weight is 280 g/mol. The topological polar surface area (TPSA) is 24.1 Å². The zero-order chi connectivity index (χ0) is 14.5. The van der Waals surface area contributed by atoms with Crippen molar-refractivity contribution in [2.75, 3.05) is 18.4 Å². The van der Waals surface area contributed by atoms with Crippen LogP contribution in [-0.2, 0) is 19.4 Å². The number of para-hydroxylation sites is 1. The van der Waals surface area contributed by atoms with Gasteiger partial charge in [0.15, 0.2) is 0 Å². The standard InChI is InChI=1S/C10H13N.C9H11N/c1-8-2-3-10-7-11-5-4-9(10)6-8;1-2-6-9-8(4-1)5-3-7-10-9/h2-3,6,11H,4-5,7H2,1H3;1-2,4,6,10H,3,5,7H2. The Bertz CT molecular complexity index is 579. The molecule has 0 amide bonds. The number of anilines is 1. The van der Waals surface area contributed by atoms with Crippen LogP contribution in [0.4, 0.5) is 5.69 Å². The lowest BCUT2D eigenvalue weighted by Crippen LogP contribution is -2.23. The number of fused-ring (bicyclic) bond motifs is 2. The molecule has 2 aliphatic heterocycles. The maximum atomic E-state index is 3.36. The van der Waals surface area contributed by atoms with Crippen molar-refractivity contribution < 1.29 is 0 Å². The van der Waals surface area contributed by atoms with E-state index in [-0.39, 0.29) is 0 Å². The van der Waals surface area contributed by atoms with Gasteiger partial charge in [-0.2, -0.15) is 0 Å². The zero-order valence-corrected chi connectivity index (χ0v) is 12.8. The Morgan fingerprint density at radius 1 is 0.857 bits per heavy atom. The van der Waals surface area contributed by atoms with E-state index in [1.165, 1.54) is 47.2 Å². The smallest absolute Gasteiger partial charge is 0.0372 e. The Balaban J connectivity index is 0.000000126.